The van der Waals surface area contributed by atoms with Gasteiger partial charge in [0.05, 0.1) is 13.2 Å². The summed E-state index contributed by atoms with van der Waals surface area (Å²) < 4.78 is 5.43. The van der Waals surface area contributed by atoms with Crippen LogP contribution in [0.3, 0.4) is 0 Å². The van der Waals surface area contributed by atoms with Crippen molar-refractivity contribution in [3.05, 3.63) is 70.8 Å². The molecule has 0 saturated carbocycles. The van der Waals surface area contributed by atoms with Crippen LogP contribution in [-0.2, 0) is 24.4 Å². The molecule has 0 fully saturated rings. The van der Waals surface area contributed by atoms with Crippen LogP contribution < -0.4 is 10.6 Å². The highest BCUT2D eigenvalue weighted by Gasteiger charge is 2.01. The third kappa shape index (κ3) is 7.74. The number of benzene rings is 2. The SMILES string of the molecule is CCNC(=NCc1ccc(COCC)cc1)NCc1ccccc1C.I. The molecule has 0 radical (unpaired) electrons. The van der Waals surface area contributed by atoms with Crippen molar-refractivity contribution < 1.29 is 4.74 Å². The average molecular weight is 467 g/mol. The zero-order valence-electron chi connectivity index (χ0n) is 15.9. The van der Waals surface area contributed by atoms with Crippen molar-refractivity contribution in [1.29, 1.82) is 0 Å². The van der Waals surface area contributed by atoms with Gasteiger partial charge in [-0.3, -0.25) is 0 Å². The van der Waals surface area contributed by atoms with Crippen molar-refractivity contribution in [1.82, 2.24) is 10.6 Å². The lowest BCUT2D eigenvalue weighted by Gasteiger charge is -2.13. The molecular formula is C21H30IN3O. The lowest BCUT2D eigenvalue weighted by atomic mass is 10.1. The summed E-state index contributed by atoms with van der Waals surface area (Å²) in [4.78, 5) is 4.68. The number of aryl methyl sites for hydroxylation is 1. The Hall–Kier alpha value is -1.60. The van der Waals surface area contributed by atoms with E-state index in [1.807, 2.05) is 6.92 Å². The molecule has 0 heterocycles. The van der Waals surface area contributed by atoms with Crippen LogP contribution in [0.25, 0.3) is 0 Å². The maximum Gasteiger partial charge on any atom is 0.191 e. The van der Waals surface area contributed by atoms with Crippen molar-refractivity contribution in [3.8, 4) is 0 Å². The lowest BCUT2D eigenvalue weighted by Crippen LogP contribution is -2.36. The fraction of sp³-hybridized carbons (Fsp3) is 0.381. The number of nitrogens with zero attached hydrogens (tertiary/aromatic N) is 1. The molecule has 0 amide bonds. The van der Waals surface area contributed by atoms with Crippen molar-refractivity contribution in [2.45, 2.75) is 40.5 Å². The Bertz CT molecular complexity index is 671. The highest BCUT2D eigenvalue weighted by atomic mass is 127. The quantitative estimate of drug-likeness (QED) is 0.344. The van der Waals surface area contributed by atoms with Crippen LogP contribution in [0.1, 0.15) is 36.1 Å². The second-order valence-electron chi connectivity index (χ2n) is 5.93. The molecule has 2 rings (SSSR count). The molecule has 5 heteroatoms. The summed E-state index contributed by atoms with van der Waals surface area (Å²) in [6, 6.07) is 16.8. The van der Waals surface area contributed by atoms with Crippen molar-refractivity contribution in [2.75, 3.05) is 13.2 Å². The third-order valence-corrected chi connectivity index (χ3v) is 3.97. The molecular weight excluding hydrogens is 437 g/mol. The zero-order valence-corrected chi connectivity index (χ0v) is 18.2. The highest BCUT2D eigenvalue weighted by molar-refractivity contribution is 14.0. The first-order valence-corrected chi connectivity index (χ1v) is 8.95. The van der Waals surface area contributed by atoms with Gasteiger partial charge in [0.1, 0.15) is 0 Å². The van der Waals surface area contributed by atoms with Gasteiger partial charge in [-0.1, -0.05) is 48.5 Å². The minimum Gasteiger partial charge on any atom is -0.377 e. The Morgan fingerprint density at radius 2 is 1.65 bits per heavy atom. The standard InChI is InChI=1S/C21H29N3O.HI/c1-4-22-21(24-15-20-9-7-6-8-17(20)3)23-14-18-10-12-19(13-11-18)16-25-5-2;/h6-13H,4-5,14-16H2,1-3H3,(H2,22,23,24);1H. The lowest BCUT2D eigenvalue weighted by molar-refractivity contribution is 0.134. The number of halogens is 1. The van der Waals surface area contributed by atoms with Gasteiger partial charge in [-0.2, -0.15) is 0 Å². The molecule has 0 aliphatic heterocycles. The van der Waals surface area contributed by atoms with Gasteiger partial charge in [-0.15, -0.1) is 24.0 Å². The van der Waals surface area contributed by atoms with E-state index in [4.69, 9.17) is 4.74 Å². The number of aliphatic imine (C=N–C) groups is 1. The van der Waals surface area contributed by atoms with E-state index in [0.29, 0.717) is 13.2 Å². The van der Waals surface area contributed by atoms with Crippen molar-refractivity contribution >= 4 is 29.9 Å². The molecule has 26 heavy (non-hydrogen) atoms. The molecule has 0 bridgehead atoms. The van der Waals surface area contributed by atoms with Crippen LogP contribution in [-0.4, -0.2) is 19.1 Å². The summed E-state index contributed by atoms with van der Waals surface area (Å²) in [6.07, 6.45) is 0. The van der Waals surface area contributed by atoms with Crippen molar-refractivity contribution in [3.63, 3.8) is 0 Å². The van der Waals surface area contributed by atoms with E-state index in [-0.39, 0.29) is 24.0 Å². The number of guanidine groups is 1. The minimum absolute atomic E-state index is 0. The Balaban J connectivity index is 0.00000338. The molecule has 0 saturated heterocycles. The largest absolute Gasteiger partial charge is 0.377 e. The second-order valence-corrected chi connectivity index (χ2v) is 5.93. The summed E-state index contributed by atoms with van der Waals surface area (Å²) in [5, 5.41) is 6.71. The number of nitrogens with one attached hydrogen (secondary N) is 2. The number of rotatable bonds is 8. The summed E-state index contributed by atoms with van der Waals surface area (Å²) >= 11 is 0. The van der Waals surface area contributed by atoms with Crippen LogP contribution in [0.15, 0.2) is 53.5 Å². The van der Waals surface area contributed by atoms with Gasteiger partial charge in [0.25, 0.3) is 0 Å². The topological polar surface area (TPSA) is 45.7 Å². The third-order valence-electron chi connectivity index (χ3n) is 3.97. The Kier molecular flexibility index (Phi) is 11.0. The number of hydrogen-bond acceptors (Lipinski definition) is 2. The van der Waals surface area contributed by atoms with E-state index in [9.17, 15) is 0 Å². The van der Waals surface area contributed by atoms with Crippen LogP contribution >= 0.6 is 24.0 Å². The predicted molar refractivity (Wildman–Crippen MR) is 120 cm³/mol. The Morgan fingerprint density at radius 3 is 2.31 bits per heavy atom. The minimum atomic E-state index is 0. The van der Waals surface area contributed by atoms with Gasteiger partial charge >= 0.3 is 0 Å². The van der Waals surface area contributed by atoms with Gasteiger partial charge in [-0.25, -0.2) is 4.99 Å². The van der Waals surface area contributed by atoms with Crippen LogP contribution in [0.2, 0.25) is 0 Å². The molecule has 0 unspecified atom stereocenters. The van der Waals surface area contributed by atoms with E-state index >= 15 is 0 Å². The summed E-state index contributed by atoms with van der Waals surface area (Å²) in [5.41, 5.74) is 4.96. The smallest absolute Gasteiger partial charge is 0.191 e. The average Bonchev–Trinajstić information content (AvgIpc) is 2.64. The first-order chi connectivity index (χ1) is 12.2. The molecule has 0 aliphatic rings. The fourth-order valence-electron chi connectivity index (χ4n) is 2.46. The molecule has 0 aliphatic carbocycles. The summed E-state index contributed by atoms with van der Waals surface area (Å²) in [6.45, 7) is 9.88. The molecule has 0 atom stereocenters. The molecule has 0 spiro atoms. The van der Waals surface area contributed by atoms with E-state index in [1.54, 1.807) is 0 Å². The monoisotopic (exact) mass is 467 g/mol. The molecule has 2 aromatic rings. The predicted octanol–water partition coefficient (Wildman–Crippen LogP) is 4.40. The van der Waals surface area contributed by atoms with E-state index < -0.39 is 0 Å². The molecule has 4 nitrogen and oxygen atoms in total. The first kappa shape index (κ1) is 22.4. The van der Waals surface area contributed by atoms with E-state index in [2.05, 4.69) is 78.0 Å². The zero-order chi connectivity index (χ0) is 17.9. The highest BCUT2D eigenvalue weighted by Crippen LogP contribution is 2.08. The Morgan fingerprint density at radius 1 is 0.962 bits per heavy atom. The normalized spacial score (nSPS) is 11.0. The molecule has 142 valence electrons. The fourth-order valence-corrected chi connectivity index (χ4v) is 2.46. The van der Waals surface area contributed by atoms with Gasteiger partial charge in [0, 0.05) is 19.7 Å². The maximum absolute atomic E-state index is 5.43. The summed E-state index contributed by atoms with van der Waals surface area (Å²) in [7, 11) is 0. The van der Waals surface area contributed by atoms with Gasteiger partial charge in [-0.05, 0) is 43.0 Å². The van der Waals surface area contributed by atoms with Crippen LogP contribution in [0, 0.1) is 6.92 Å². The van der Waals surface area contributed by atoms with Crippen molar-refractivity contribution in [2.24, 2.45) is 4.99 Å². The van der Waals surface area contributed by atoms with Crippen LogP contribution in [0.4, 0.5) is 0 Å². The van der Waals surface area contributed by atoms with E-state index in [1.165, 1.54) is 22.3 Å². The molecule has 2 N–H and O–H groups in total. The second kappa shape index (κ2) is 12.7. The van der Waals surface area contributed by atoms with Gasteiger partial charge in [0.15, 0.2) is 5.96 Å². The molecule has 2 aromatic carbocycles. The van der Waals surface area contributed by atoms with Crippen LogP contribution in [0.5, 0.6) is 0 Å². The number of hydrogen-bond donors (Lipinski definition) is 2. The van der Waals surface area contributed by atoms with E-state index in [0.717, 1.165) is 25.7 Å². The molecule has 0 aromatic heterocycles. The number of ether oxygens (including phenoxy) is 1. The summed E-state index contributed by atoms with van der Waals surface area (Å²) in [5.74, 6) is 0.837. The maximum atomic E-state index is 5.43. The Labute approximate surface area is 174 Å². The van der Waals surface area contributed by atoms with Gasteiger partial charge in [0.2, 0.25) is 0 Å². The first-order valence-electron chi connectivity index (χ1n) is 8.95. The van der Waals surface area contributed by atoms with Gasteiger partial charge < -0.3 is 15.4 Å².